The van der Waals surface area contributed by atoms with Gasteiger partial charge in [-0.2, -0.15) is 0 Å². The Balaban J connectivity index is 2.01. The first-order valence-corrected chi connectivity index (χ1v) is 8.57. The summed E-state index contributed by atoms with van der Waals surface area (Å²) >= 11 is 0. The maximum absolute atomic E-state index is 12.5. The average Bonchev–Trinajstić information content (AvgIpc) is 2.90. The molecule has 0 aromatic heterocycles. The van der Waals surface area contributed by atoms with E-state index in [1.54, 1.807) is 6.07 Å². The molecule has 132 valence electrons. The molecule has 1 heterocycles. The first-order chi connectivity index (χ1) is 11.3. The minimum absolute atomic E-state index is 0.0264. The zero-order valence-corrected chi connectivity index (χ0v) is 14.8. The smallest absolute Gasteiger partial charge is 0.251 e. The minimum atomic E-state index is -0.263. The summed E-state index contributed by atoms with van der Waals surface area (Å²) in [6, 6.07) is 7.09. The number of aliphatic hydroxyl groups excluding tert-OH is 1. The summed E-state index contributed by atoms with van der Waals surface area (Å²) in [5.74, 6) is -0.0109. The van der Waals surface area contributed by atoms with Gasteiger partial charge in [-0.1, -0.05) is 32.9 Å². The number of likely N-dealkylation sites (tertiary alicyclic amines) is 1. The van der Waals surface area contributed by atoms with Crippen LogP contribution in [0.15, 0.2) is 24.3 Å². The third kappa shape index (κ3) is 5.34. The number of nitrogens with zero attached hydrogens (tertiary/aromatic N) is 1. The zero-order chi connectivity index (χ0) is 17.7. The topological polar surface area (TPSA) is 69.6 Å². The van der Waals surface area contributed by atoms with E-state index in [4.69, 9.17) is 0 Å². The quantitative estimate of drug-likeness (QED) is 0.840. The van der Waals surface area contributed by atoms with Crippen LogP contribution in [0.25, 0.3) is 0 Å². The molecule has 1 unspecified atom stereocenters. The molecule has 1 aliphatic heterocycles. The van der Waals surface area contributed by atoms with Crippen LogP contribution >= 0.6 is 0 Å². The lowest BCUT2D eigenvalue weighted by Gasteiger charge is -2.25. The molecule has 0 aliphatic carbocycles. The summed E-state index contributed by atoms with van der Waals surface area (Å²) in [4.78, 5) is 26.0. The Morgan fingerprint density at radius 3 is 2.71 bits per heavy atom. The lowest BCUT2D eigenvalue weighted by molar-refractivity contribution is -0.128. The number of carbonyl (C=O) groups is 2. The van der Waals surface area contributed by atoms with E-state index in [2.05, 4.69) is 26.1 Å². The Hall–Kier alpha value is -1.88. The van der Waals surface area contributed by atoms with Crippen LogP contribution in [0.3, 0.4) is 0 Å². The number of carbonyl (C=O) groups excluding carboxylic acids is 2. The third-order valence-corrected chi connectivity index (χ3v) is 4.15. The molecule has 0 spiro atoms. The van der Waals surface area contributed by atoms with Crippen molar-refractivity contribution in [3.05, 3.63) is 35.4 Å². The third-order valence-electron chi connectivity index (χ3n) is 4.15. The van der Waals surface area contributed by atoms with Crippen LogP contribution in [0.4, 0.5) is 0 Å². The number of benzene rings is 1. The second kappa shape index (κ2) is 7.79. The maximum atomic E-state index is 12.5. The van der Waals surface area contributed by atoms with Gasteiger partial charge in [0.1, 0.15) is 0 Å². The molecule has 5 heteroatoms. The summed E-state index contributed by atoms with van der Waals surface area (Å²) in [5.41, 5.74) is 1.54. The van der Waals surface area contributed by atoms with Crippen molar-refractivity contribution in [2.45, 2.75) is 52.6 Å². The van der Waals surface area contributed by atoms with Gasteiger partial charge in [-0.15, -0.1) is 0 Å². The first-order valence-electron chi connectivity index (χ1n) is 8.57. The van der Waals surface area contributed by atoms with Gasteiger partial charge in [-0.25, -0.2) is 0 Å². The van der Waals surface area contributed by atoms with Crippen molar-refractivity contribution in [1.29, 1.82) is 0 Å². The standard InChI is InChI=1S/C19H28N2O3/c1-19(2,3)11-16(13-22)20-18(24)15-7-4-6-14(10-15)12-21-9-5-8-17(21)23/h4,6-7,10,16,22H,5,8-9,11-13H2,1-3H3,(H,20,24). The second-order valence-electron chi connectivity index (χ2n) is 7.74. The fraction of sp³-hybridized carbons (Fsp3) is 0.579. The lowest BCUT2D eigenvalue weighted by Crippen LogP contribution is -2.40. The first kappa shape index (κ1) is 18.5. The molecule has 2 rings (SSSR count). The zero-order valence-electron chi connectivity index (χ0n) is 14.8. The molecule has 1 aromatic carbocycles. The van der Waals surface area contributed by atoms with Crippen LogP contribution in [0.1, 0.15) is 56.0 Å². The Morgan fingerprint density at radius 1 is 1.38 bits per heavy atom. The molecule has 5 nitrogen and oxygen atoms in total. The number of hydrogen-bond acceptors (Lipinski definition) is 3. The number of nitrogens with one attached hydrogen (secondary N) is 1. The lowest BCUT2D eigenvalue weighted by atomic mass is 9.88. The molecule has 1 fully saturated rings. The van der Waals surface area contributed by atoms with E-state index >= 15 is 0 Å². The van der Waals surface area contributed by atoms with E-state index in [9.17, 15) is 14.7 Å². The van der Waals surface area contributed by atoms with Gasteiger partial charge in [0, 0.05) is 25.1 Å². The van der Waals surface area contributed by atoms with Gasteiger partial charge < -0.3 is 15.3 Å². The van der Waals surface area contributed by atoms with Crippen LogP contribution in [0.2, 0.25) is 0 Å². The normalized spacial score (nSPS) is 16.3. The minimum Gasteiger partial charge on any atom is -0.394 e. The van der Waals surface area contributed by atoms with E-state index in [1.165, 1.54) is 0 Å². The molecule has 1 atom stereocenters. The number of rotatable bonds is 6. The summed E-state index contributed by atoms with van der Waals surface area (Å²) < 4.78 is 0. The molecule has 0 radical (unpaired) electrons. The van der Waals surface area contributed by atoms with Crippen LogP contribution in [-0.2, 0) is 11.3 Å². The largest absolute Gasteiger partial charge is 0.394 e. The van der Waals surface area contributed by atoms with Crippen LogP contribution in [0.5, 0.6) is 0 Å². The van der Waals surface area contributed by atoms with Crippen molar-refractivity contribution in [3.63, 3.8) is 0 Å². The van der Waals surface area contributed by atoms with E-state index < -0.39 is 0 Å². The monoisotopic (exact) mass is 332 g/mol. The van der Waals surface area contributed by atoms with Crippen molar-refractivity contribution in [1.82, 2.24) is 10.2 Å². The number of hydrogen-bond donors (Lipinski definition) is 2. The van der Waals surface area contributed by atoms with Crippen LogP contribution in [0, 0.1) is 5.41 Å². The molecular weight excluding hydrogens is 304 g/mol. The molecule has 24 heavy (non-hydrogen) atoms. The van der Waals surface area contributed by atoms with E-state index in [0.29, 0.717) is 24.9 Å². The van der Waals surface area contributed by atoms with Gasteiger partial charge in [0.15, 0.2) is 0 Å². The molecule has 2 N–H and O–H groups in total. The van der Waals surface area contributed by atoms with Crippen molar-refractivity contribution >= 4 is 11.8 Å². The number of amides is 2. The highest BCUT2D eigenvalue weighted by Gasteiger charge is 2.22. The van der Waals surface area contributed by atoms with Gasteiger partial charge in [0.25, 0.3) is 5.91 Å². The van der Waals surface area contributed by atoms with Crippen molar-refractivity contribution < 1.29 is 14.7 Å². The molecule has 0 saturated carbocycles. The highest BCUT2D eigenvalue weighted by molar-refractivity contribution is 5.94. The van der Waals surface area contributed by atoms with Crippen molar-refractivity contribution in [3.8, 4) is 0 Å². The SMILES string of the molecule is CC(C)(C)CC(CO)NC(=O)c1cccc(CN2CCCC2=O)c1. The fourth-order valence-corrected chi connectivity index (χ4v) is 3.07. The van der Waals surface area contributed by atoms with Gasteiger partial charge in [0.05, 0.1) is 12.6 Å². The van der Waals surface area contributed by atoms with Crippen molar-refractivity contribution in [2.75, 3.05) is 13.2 Å². The fourth-order valence-electron chi connectivity index (χ4n) is 3.07. The summed E-state index contributed by atoms with van der Waals surface area (Å²) in [6.07, 6.45) is 2.23. The van der Waals surface area contributed by atoms with E-state index in [-0.39, 0.29) is 29.9 Å². The summed E-state index contributed by atoms with van der Waals surface area (Å²) in [7, 11) is 0. The van der Waals surface area contributed by atoms with Crippen LogP contribution in [-0.4, -0.2) is 41.0 Å². The molecule has 1 saturated heterocycles. The summed E-state index contributed by atoms with van der Waals surface area (Å²) in [5, 5.41) is 12.4. The molecule has 0 bridgehead atoms. The Morgan fingerprint density at radius 2 is 2.12 bits per heavy atom. The van der Waals surface area contributed by atoms with Crippen LogP contribution < -0.4 is 5.32 Å². The summed E-state index contributed by atoms with van der Waals surface area (Å²) in [6.45, 7) is 7.49. The van der Waals surface area contributed by atoms with E-state index in [0.717, 1.165) is 18.5 Å². The Labute approximate surface area is 144 Å². The van der Waals surface area contributed by atoms with Gasteiger partial charge >= 0.3 is 0 Å². The Kier molecular flexibility index (Phi) is 5.99. The Bertz CT molecular complexity index is 593. The molecule has 1 aromatic rings. The van der Waals surface area contributed by atoms with E-state index in [1.807, 2.05) is 23.1 Å². The predicted octanol–water partition coefficient (Wildman–Crippen LogP) is 2.34. The van der Waals surface area contributed by atoms with Crippen molar-refractivity contribution in [2.24, 2.45) is 5.41 Å². The van der Waals surface area contributed by atoms with Gasteiger partial charge in [0.2, 0.25) is 5.91 Å². The molecule has 1 aliphatic rings. The predicted molar refractivity (Wildman–Crippen MR) is 93.5 cm³/mol. The number of aliphatic hydroxyl groups is 1. The maximum Gasteiger partial charge on any atom is 0.251 e. The average molecular weight is 332 g/mol. The van der Waals surface area contributed by atoms with Gasteiger partial charge in [-0.3, -0.25) is 9.59 Å². The van der Waals surface area contributed by atoms with Gasteiger partial charge in [-0.05, 0) is 36.0 Å². The molecular formula is C19H28N2O3. The molecule has 2 amide bonds. The highest BCUT2D eigenvalue weighted by atomic mass is 16.3. The second-order valence-corrected chi connectivity index (χ2v) is 7.74. The highest BCUT2D eigenvalue weighted by Crippen LogP contribution is 2.21.